The van der Waals surface area contributed by atoms with Crippen LogP contribution in [0.4, 0.5) is 0 Å². The predicted molar refractivity (Wildman–Crippen MR) is 151 cm³/mol. The summed E-state index contributed by atoms with van der Waals surface area (Å²) in [6, 6.07) is 17.4. The van der Waals surface area contributed by atoms with Crippen molar-refractivity contribution in [1.29, 1.82) is 0 Å². The van der Waals surface area contributed by atoms with E-state index in [1.807, 2.05) is 17.9 Å². The van der Waals surface area contributed by atoms with E-state index < -0.39 is 0 Å². The number of hydrogen-bond donors (Lipinski definition) is 0. The summed E-state index contributed by atoms with van der Waals surface area (Å²) in [5, 5.41) is 13.1. The van der Waals surface area contributed by atoms with Gasteiger partial charge in [0.05, 0.1) is 30.4 Å². The maximum atomic E-state index is 12.7. The number of methoxy groups -OCH3 is 1. The smallest absolute Gasteiger partial charge is 0.341 e. The zero-order valence-corrected chi connectivity index (χ0v) is 23.1. The summed E-state index contributed by atoms with van der Waals surface area (Å²) < 4.78 is 8.73. The molecule has 2 fully saturated rings. The second kappa shape index (κ2) is 10.8. The number of hydrogen-bond acceptors (Lipinski definition) is 5. The van der Waals surface area contributed by atoms with Crippen LogP contribution in [0.1, 0.15) is 84.6 Å². The molecule has 2 aromatic heterocycles. The highest BCUT2D eigenvalue weighted by atomic mass is 16.5. The van der Waals surface area contributed by atoms with Gasteiger partial charge in [-0.3, -0.25) is 4.68 Å². The van der Waals surface area contributed by atoms with Crippen molar-refractivity contribution in [1.82, 2.24) is 24.8 Å². The van der Waals surface area contributed by atoms with Crippen molar-refractivity contribution < 1.29 is 9.53 Å². The average molecular weight is 524 g/mol. The highest BCUT2D eigenvalue weighted by Gasteiger charge is 2.46. The maximum Gasteiger partial charge on any atom is 0.341 e. The first kappa shape index (κ1) is 25.5. The van der Waals surface area contributed by atoms with Gasteiger partial charge in [0.15, 0.2) is 0 Å². The fourth-order valence-corrected chi connectivity index (χ4v) is 6.48. The summed E-state index contributed by atoms with van der Waals surface area (Å²) >= 11 is 0. The van der Waals surface area contributed by atoms with Crippen LogP contribution in [0, 0.1) is 11.8 Å². The molecule has 0 spiro atoms. The number of carbonyl (C=O) groups is 1. The highest BCUT2D eigenvalue weighted by Crippen LogP contribution is 2.55. The molecule has 0 amide bonds. The Labute approximate surface area is 230 Å². The lowest BCUT2D eigenvalue weighted by Gasteiger charge is -2.27. The minimum atomic E-state index is -0.364. The highest BCUT2D eigenvalue weighted by molar-refractivity contribution is 5.91. The first-order valence-corrected chi connectivity index (χ1v) is 14.2. The van der Waals surface area contributed by atoms with Gasteiger partial charge in [0.25, 0.3) is 0 Å². The molecule has 2 aromatic carbocycles. The van der Waals surface area contributed by atoms with E-state index in [0.717, 1.165) is 41.4 Å². The number of ether oxygens (including phenoxy) is 1. The molecule has 0 radical (unpaired) electrons. The lowest BCUT2D eigenvalue weighted by atomic mass is 9.78. The van der Waals surface area contributed by atoms with Gasteiger partial charge in [-0.25, -0.2) is 9.48 Å². The van der Waals surface area contributed by atoms with Crippen molar-refractivity contribution in [3.05, 3.63) is 83.4 Å². The minimum Gasteiger partial charge on any atom is -0.465 e. The molecule has 0 N–H and O–H groups in total. The summed E-state index contributed by atoms with van der Waals surface area (Å²) in [7, 11) is 3.29. The maximum absolute atomic E-state index is 12.7. The Hall–Kier alpha value is -3.74. The van der Waals surface area contributed by atoms with E-state index in [1.165, 1.54) is 50.3 Å². The molecular weight excluding hydrogens is 486 g/mol. The standard InChI is InChI=1S/C32H37N5O2/c1-21(23-10-5-4-6-11-23)15-22-9-7-12-24(16-22)25-13-8-14-26(17-25)37-31(29(19-33-37)32(38)39-3)28-18-27(28)30-20-36(2)35-34-30/h7-9,12-14,16-17,19-21,23,27-28H,4-6,10-11,15,18H2,1-3H3/t21-,27-,28-/m1/s1. The Morgan fingerprint density at radius 1 is 1.05 bits per heavy atom. The molecule has 39 heavy (non-hydrogen) atoms. The van der Waals surface area contributed by atoms with E-state index in [9.17, 15) is 4.79 Å². The van der Waals surface area contributed by atoms with Crippen LogP contribution in [0.25, 0.3) is 16.8 Å². The second-order valence-corrected chi connectivity index (χ2v) is 11.4. The Morgan fingerprint density at radius 3 is 2.56 bits per heavy atom. The summed E-state index contributed by atoms with van der Waals surface area (Å²) in [4.78, 5) is 12.7. The summed E-state index contributed by atoms with van der Waals surface area (Å²) in [5.74, 6) is 1.53. The summed E-state index contributed by atoms with van der Waals surface area (Å²) in [6.45, 7) is 2.42. The number of nitrogens with zero attached hydrogens (tertiary/aromatic N) is 5. The van der Waals surface area contributed by atoms with Crippen LogP contribution in [0.2, 0.25) is 0 Å². The van der Waals surface area contributed by atoms with E-state index in [0.29, 0.717) is 11.5 Å². The van der Waals surface area contributed by atoms with Crippen molar-refractivity contribution in [3.63, 3.8) is 0 Å². The van der Waals surface area contributed by atoms with Crippen molar-refractivity contribution in [2.45, 2.75) is 63.7 Å². The predicted octanol–water partition coefficient (Wildman–Crippen LogP) is 6.48. The van der Waals surface area contributed by atoms with E-state index in [1.54, 1.807) is 10.9 Å². The molecule has 0 unspecified atom stereocenters. The van der Waals surface area contributed by atoms with Crippen molar-refractivity contribution in [2.24, 2.45) is 18.9 Å². The van der Waals surface area contributed by atoms with Gasteiger partial charge in [-0.05, 0) is 53.5 Å². The molecule has 2 saturated carbocycles. The molecule has 202 valence electrons. The second-order valence-electron chi connectivity index (χ2n) is 11.4. The molecule has 7 nitrogen and oxygen atoms in total. The molecule has 0 aliphatic heterocycles. The molecule has 0 bridgehead atoms. The Kier molecular flexibility index (Phi) is 7.07. The monoisotopic (exact) mass is 523 g/mol. The van der Waals surface area contributed by atoms with E-state index in [-0.39, 0.29) is 17.8 Å². The fraction of sp³-hybridized carbons (Fsp3) is 0.438. The van der Waals surface area contributed by atoms with Crippen molar-refractivity contribution in [2.75, 3.05) is 7.11 Å². The number of esters is 1. The molecule has 2 aliphatic carbocycles. The lowest BCUT2D eigenvalue weighted by molar-refractivity contribution is 0.0599. The van der Waals surface area contributed by atoms with E-state index >= 15 is 0 Å². The Balaban J connectivity index is 1.29. The number of rotatable bonds is 8. The topological polar surface area (TPSA) is 74.8 Å². The molecule has 2 aliphatic rings. The molecular formula is C32H37N5O2. The van der Waals surface area contributed by atoms with Gasteiger partial charge in [0.2, 0.25) is 0 Å². The zero-order valence-electron chi connectivity index (χ0n) is 23.1. The van der Waals surface area contributed by atoms with Crippen molar-refractivity contribution in [3.8, 4) is 16.8 Å². The van der Waals surface area contributed by atoms with Crippen molar-refractivity contribution >= 4 is 5.97 Å². The number of benzene rings is 2. The normalized spacial score (nSPS) is 20.1. The third-order valence-electron chi connectivity index (χ3n) is 8.72. The van der Waals surface area contributed by atoms with Gasteiger partial charge >= 0.3 is 5.97 Å². The third-order valence-corrected chi connectivity index (χ3v) is 8.72. The summed E-state index contributed by atoms with van der Waals surface area (Å²) in [6.07, 6.45) is 12.5. The first-order chi connectivity index (χ1) is 19.0. The number of carbonyl (C=O) groups excluding carboxylic acids is 1. The van der Waals surface area contributed by atoms with Crippen LogP contribution in [-0.4, -0.2) is 37.9 Å². The zero-order chi connectivity index (χ0) is 26.9. The molecule has 7 heteroatoms. The third kappa shape index (κ3) is 5.27. The summed E-state index contributed by atoms with van der Waals surface area (Å²) in [5.41, 5.74) is 7.01. The fourth-order valence-electron chi connectivity index (χ4n) is 6.48. The quantitative estimate of drug-likeness (QED) is 0.247. The molecule has 0 saturated heterocycles. The van der Waals surface area contributed by atoms with Crippen LogP contribution in [0.3, 0.4) is 0 Å². The SMILES string of the molecule is COC(=O)c1cnn(-c2cccc(-c3cccc(C[C@@H](C)C4CCCCC4)c3)c2)c1[C@@H]1C[C@H]1c1cn(C)nn1. The molecule has 2 heterocycles. The van der Waals surface area contributed by atoms with Crippen LogP contribution in [0.15, 0.2) is 60.9 Å². The first-order valence-electron chi connectivity index (χ1n) is 14.2. The van der Waals surface area contributed by atoms with Crippen LogP contribution in [0.5, 0.6) is 0 Å². The van der Waals surface area contributed by atoms with Crippen LogP contribution in [-0.2, 0) is 18.2 Å². The van der Waals surface area contributed by atoms with Gasteiger partial charge < -0.3 is 4.74 Å². The van der Waals surface area contributed by atoms with Gasteiger partial charge in [0.1, 0.15) is 5.56 Å². The van der Waals surface area contributed by atoms with E-state index in [4.69, 9.17) is 4.74 Å². The number of aryl methyl sites for hydroxylation is 1. The van der Waals surface area contributed by atoms with Gasteiger partial charge in [-0.15, -0.1) is 5.10 Å². The van der Waals surface area contributed by atoms with Gasteiger partial charge in [0, 0.05) is 25.1 Å². The van der Waals surface area contributed by atoms with Crippen LogP contribution >= 0.6 is 0 Å². The molecule has 3 atom stereocenters. The number of aromatic nitrogens is 5. The van der Waals surface area contributed by atoms with Gasteiger partial charge in [-0.2, -0.15) is 5.10 Å². The average Bonchev–Trinajstić information content (AvgIpc) is 3.42. The lowest BCUT2D eigenvalue weighted by Crippen LogP contribution is -2.17. The van der Waals surface area contributed by atoms with E-state index in [2.05, 4.69) is 70.9 Å². The largest absolute Gasteiger partial charge is 0.465 e. The molecule has 4 aromatic rings. The Bertz CT molecular complexity index is 1460. The molecule has 6 rings (SSSR count). The Morgan fingerprint density at radius 2 is 1.82 bits per heavy atom. The minimum absolute atomic E-state index is 0.131. The van der Waals surface area contributed by atoms with Crippen LogP contribution < -0.4 is 0 Å². The van der Waals surface area contributed by atoms with Gasteiger partial charge in [-0.1, -0.05) is 80.6 Å².